The van der Waals surface area contributed by atoms with Gasteiger partial charge in [-0.1, -0.05) is 0 Å². The highest BCUT2D eigenvalue weighted by molar-refractivity contribution is 9.10. The van der Waals surface area contributed by atoms with Gasteiger partial charge in [0.1, 0.15) is 0 Å². The molecule has 0 unspecified atom stereocenters. The molecule has 0 amide bonds. The zero-order valence-electron chi connectivity index (χ0n) is 6.74. The van der Waals surface area contributed by atoms with Crippen LogP contribution in [0.15, 0.2) is 21.2 Å². The van der Waals surface area contributed by atoms with E-state index < -0.39 is 0 Å². The molecule has 0 radical (unpaired) electrons. The van der Waals surface area contributed by atoms with Crippen LogP contribution in [0.3, 0.4) is 0 Å². The SMILES string of the molecule is CNc1nsnc1-c1occc1Br. The Balaban J connectivity index is 2.52. The first-order chi connectivity index (χ1) is 6.33. The van der Waals surface area contributed by atoms with E-state index >= 15 is 0 Å². The molecule has 0 spiro atoms. The summed E-state index contributed by atoms with van der Waals surface area (Å²) in [5.41, 5.74) is 0.740. The average molecular weight is 260 g/mol. The van der Waals surface area contributed by atoms with E-state index in [-0.39, 0.29) is 0 Å². The number of anilines is 1. The van der Waals surface area contributed by atoms with Gasteiger partial charge in [-0.25, -0.2) is 0 Å². The van der Waals surface area contributed by atoms with Gasteiger partial charge < -0.3 is 9.73 Å². The zero-order chi connectivity index (χ0) is 9.26. The Hall–Kier alpha value is -0.880. The molecular weight excluding hydrogens is 254 g/mol. The Morgan fingerprint density at radius 1 is 1.54 bits per heavy atom. The fraction of sp³-hybridized carbons (Fsp3) is 0.143. The number of nitrogens with zero attached hydrogens (tertiary/aromatic N) is 2. The summed E-state index contributed by atoms with van der Waals surface area (Å²) < 4.78 is 14.4. The summed E-state index contributed by atoms with van der Waals surface area (Å²) in [6.07, 6.45) is 1.61. The van der Waals surface area contributed by atoms with Crippen LogP contribution in [-0.2, 0) is 0 Å². The lowest BCUT2D eigenvalue weighted by Gasteiger charge is -1.95. The van der Waals surface area contributed by atoms with E-state index in [9.17, 15) is 0 Å². The second-order valence-electron chi connectivity index (χ2n) is 2.31. The Kier molecular flexibility index (Phi) is 2.32. The zero-order valence-corrected chi connectivity index (χ0v) is 9.15. The molecule has 0 fully saturated rings. The minimum absolute atomic E-state index is 0.707. The molecule has 2 aromatic rings. The summed E-state index contributed by atoms with van der Waals surface area (Å²) in [6.45, 7) is 0. The molecule has 0 aromatic carbocycles. The van der Waals surface area contributed by atoms with Crippen LogP contribution in [0.2, 0.25) is 0 Å². The lowest BCUT2D eigenvalue weighted by Crippen LogP contribution is -1.90. The largest absolute Gasteiger partial charge is 0.461 e. The van der Waals surface area contributed by atoms with Crippen molar-refractivity contribution in [2.75, 3.05) is 12.4 Å². The number of furan rings is 1. The van der Waals surface area contributed by atoms with Crippen molar-refractivity contribution in [1.82, 2.24) is 8.75 Å². The second kappa shape index (κ2) is 3.47. The van der Waals surface area contributed by atoms with Crippen LogP contribution in [0.4, 0.5) is 5.82 Å². The maximum atomic E-state index is 5.27. The van der Waals surface area contributed by atoms with Gasteiger partial charge in [-0.2, -0.15) is 8.75 Å². The normalized spacial score (nSPS) is 10.3. The summed E-state index contributed by atoms with van der Waals surface area (Å²) in [4.78, 5) is 0. The highest BCUT2D eigenvalue weighted by atomic mass is 79.9. The van der Waals surface area contributed by atoms with Crippen molar-refractivity contribution in [3.05, 3.63) is 16.8 Å². The first kappa shape index (κ1) is 8.71. The van der Waals surface area contributed by atoms with Crippen molar-refractivity contribution in [3.63, 3.8) is 0 Å². The highest BCUT2D eigenvalue weighted by Gasteiger charge is 2.14. The van der Waals surface area contributed by atoms with E-state index in [0.717, 1.165) is 27.7 Å². The predicted octanol–water partition coefficient (Wildman–Crippen LogP) is 2.60. The van der Waals surface area contributed by atoms with E-state index in [2.05, 4.69) is 30.0 Å². The van der Waals surface area contributed by atoms with Gasteiger partial charge in [0.15, 0.2) is 17.3 Å². The lowest BCUT2D eigenvalue weighted by atomic mass is 10.3. The third kappa shape index (κ3) is 1.47. The Morgan fingerprint density at radius 3 is 3.00 bits per heavy atom. The average Bonchev–Trinajstić information content (AvgIpc) is 2.71. The smallest absolute Gasteiger partial charge is 0.171 e. The summed E-state index contributed by atoms with van der Waals surface area (Å²) in [5.74, 6) is 1.44. The van der Waals surface area contributed by atoms with Gasteiger partial charge in [-0.05, 0) is 22.0 Å². The molecule has 0 aliphatic carbocycles. The topological polar surface area (TPSA) is 51.0 Å². The first-order valence-electron chi connectivity index (χ1n) is 3.56. The highest BCUT2D eigenvalue weighted by Crippen LogP contribution is 2.32. The van der Waals surface area contributed by atoms with Crippen LogP contribution in [0.25, 0.3) is 11.5 Å². The third-order valence-corrected chi connectivity index (χ3v) is 2.71. The van der Waals surface area contributed by atoms with Gasteiger partial charge in [-0.3, -0.25) is 0 Å². The van der Waals surface area contributed by atoms with Gasteiger partial charge in [0, 0.05) is 7.05 Å². The molecule has 13 heavy (non-hydrogen) atoms. The molecule has 4 nitrogen and oxygen atoms in total. The molecular formula is C7H6BrN3OS. The standard InChI is InChI=1S/C7H6BrN3OS/c1-9-7-5(10-13-11-7)6-4(8)2-3-12-6/h2-3H,1H3,(H,9,11). The van der Waals surface area contributed by atoms with E-state index in [1.165, 1.54) is 0 Å². The molecule has 2 aromatic heterocycles. The number of halogens is 1. The number of hydrogen-bond acceptors (Lipinski definition) is 5. The van der Waals surface area contributed by atoms with Gasteiger partial charge >= 0.3 is 0 Å². The Bertz CT molecular complexity index is 411. The molecule has 0 bridgehead atoms. The number of hydrogen-bond donors (Lipinski definition) is 1. The fourth-order valence-corrected chi connectivity index (χ4v) is 1.90. The van der Waals surface area contributed by atoms with Crippen molar-refractivity contribution in [2.24, 2.45) is 0 Å². The van der Waals surface area contributed by atoms with E-state index in [0.29, 0.717) is 5.76 Å². The first-order valence-corrected chi connectivity index (χ1v) is 5.09. The molecule has 0 aliphatic heterocycles. The van der Waals surface area contributed by atoms with Gasteiger partial charge in [0.2, 0.25) is 0 Å². The van der Waals surface area contributed by atoms with E-state index in [1.807, 2.05) is 6.07 Å². The number of aromatic nitrogens is 2. The van der Waals surface area contributed by atoms with Crippen LogP contribution in [0.1, 0.15) is 0 Å². The minimum Gasteiger partial charge on any atom is -0.461 e. The third-order valence-electron chi connectivity index (χ3n) is 1.56. The van der Waals surface area contributed by atoms with Crippen molar-refractivity contribution < 1.29 is 4.42 Å². The molecule has 0 saturated heterocycles. The second-order valence-corrected chi connectivity index (χ2v) is 3.69. The van der Waals surface area contributed by atoms with Crippen molar-refractivity contribution in [2.45, 2.75) is 0 Å². The molecule has 0 aliphatic rings. The fourth-order valence-electron chi connectivity index (χ4n) is 0.964. The van der Waals surface area contributed by atoms with Crippen LogP contribution in [0.5, 0.6) is 0 Å². The van der Waals surface area contributed by atoms with E-state index in [4.69, 9.17) is 4.42 Å². The molecule has 0 atom stereocenters. The monoisotopic (exact) mass is 259 g/mol. The van der Waals surface area contributed by atoms with E-state index in [1.54, 1.807) is 13.3 Å². The van der Waals surface area contributed by atoms with Crippen molar-refractivity contribution in [3.8, 4) is 11.5 Å². The summed E-state index contributed by atoms with van der Waals surface area (Å²) >= 11 is 4.52. The van der Waals surface area contributed by atoms with Gasteiger partial charge in [-0.15, -0.1) is 0 Å². The van der Waals surface area contributed by atoms with Crippen LogP contribution < -0.4 is 5.32 Å². The lowest BCUT2D eigenvalue weighted by molar-refractivity contribution is 0.580. The van der Waals surface area contributed by atoms with Gasteiger partial charge in [0.05, 0.1) is 22.5 Å². The van der Waals surface area contributed by atoms with Crippen LogP contribution in [-0.4, -0.2) is 15.8 Å². The predicted molar refractivity (Wildman–Crippen MR) is 54.9 cm³/mol. The number of rotatable bonds is 2. The van der Waals surface area contributed by atoms with Crippen LogP contribution in [0, 0.1) is 0 Å². The maximum absolute atomic E-state index is 5.27. The summed E-state index contributed by atoms with van der Waals surface area (Å²) in [7, 11) is 1.80. The molecule has 2 rings (SSSR count). The van der Waals surface area contributed by atoms with Crippen molar-refractivity contribution in [1.29, 1.82) is 0 Å². The van der Waals surface area contributed by atoms with Crippen molar-refractivity contribution >= 4 is 33.5 Å². The summed E-state index contributed by atoms with van der Waals surface area (Å²) in [6, 6.07) is 1.83. The maximum Gasteiger partial charge on any atom is 0.171 e. The Labute approximate surface area is 87.4 Å². The quantitative estimate of drug-likeness (QED) is 0.901. The molecule has 2 heterocycles. The van der Waals surface area contributed by atoms with Crippen LogP contribution >= 0.6 is 27.7 Å². The van der Waals surface area contributed by atoms with Gasteiger partial charge in [0.25, 0.3) is 0 Å². The molecule has 68 valence electrons. The Morgan fingerprint density at radius 2 is 2.38 bits per heavy atom. The minimum atomic E-state index is 0.707. The molecule has 1 N–H and O–H groups in total. The molecule has 0 saturated carbocycles. The number of nitrogens with one attached hydrogen (secondary N) is 1. The summed E-state index contributed by atoms with van der Waals surface area (Å²) in [5, 5.41) is 2.95. The molecule has 6 heteroatoms.